The molecule has 0 aliphatic carbocycles. The molecule has 0 bridgehead atoms. The molecule has 5 heteroatoms. The summed E-state index contributed by atoms with van der Waals surface area (Å²) < 4.78 is 2.13. The van der Waals surface area contributed by atoms with Crippen LogP contribution in [0.15, 0.2) is 11.6 Å². The molecule has 0 unspecified atom stereocenters. The van der Waals surface area contributed by atoms with E-state index in [1.807, 2.05) is 0 Å². The highest BCUT2D eigenvalue weighted by Crippen LogP contribution is 2.27. The molecule has 1 fully saturated rings. The summed E-state index contributed by atoms with van der Waals surface area (Å²) in [5, 5.41) is 2.07. The van der Waals surface area contributed by atoms with Crippen LogP contribution in [0.25, 0.3) is 4.96 Å². The Balaban J connectivity index is 1.93. The molecule has 0 radical (unpaired) electrons. The zero-order valence-corrected chi connectivity index (χ0v) is 12.0. The topological polar surface area (TPSA) is 20.5 Å². The first-order valence-corrected chi connectivity index (χ1v) is 8.07. The molecule has 2 aromatic rings. The summed E-state index contributed by atoms with van der Waals surface area (Å²) in [7, 11) is 0. The van der Waals surface area contributed by atoms with Crippen molar-refractivity contribution in [1.82, 2.24) is 9.38 Å². The van der Waals surface area contributed by atoms with Crippen LogP contribution in [-0.4, -0.2) is 22.5 Å². The maximum absolute atomic E-state index is 6.12. The number of anilines is 1. The summed E-state index contributed by atoms with van der Waals surface area (Å²) in [4.78, 5) is 8.25. The van der Waals surface area contributed by atoms with Gasteiger partial charge in [0.15, 0.2) is 10.8 Å². The number of thiazole rings is 1. The van der Waals surface area contributed by atoms with Crippen LogP contribution in [0.4, 0.5) is 5.82 Å². The lowest BCUT2D eigenvalue weighted by Crippen LogP contribution is -2.28. The smallest absolute Gasteiger partial charge is 0.195 e. The molecule has 1 saturated heterocycles. The molecule has 0 spiro atoms. The number of nitrogens with zero attached hydrogens (tertiary/aromatic N) is 3. The number of halogens is 1. The van der Waals surface area contributed by atoms with Gasteiger partial charge in [-0.15, -0.1) is 22.9 Å². The van der Waals surface area contributed by atoms with E-state index in [2.05, 4.69) is 20.9 Å². The van der Waals surface area contributed by atoms with Crippen molar-refractivity contribution >= 4 is 33.7 Å². The molecule has 18 heavy (non-hydrogen) atoms. The van der Waals surface area contributed by atoms with Crippen LogP contribution in [0, 0.1) is 0 Å². The molecule has 0 aromatic carbocycles. The third-order valence-electron chi connectivity index (χ3n) is 3.62. The number of alkyl halides is 1. The Hall–Kier alpha value is -0.740. The maximum Gasteiger partial charge on any atom is 0.195 e. The van der Waals surface area contributed by atoms with Crippen LogP contribution in [0.5, 0.6) is 0 Å². The lowest BCUT2D eigenvalue weighted by molar-refractivity contribution is 0.553. The van der Waals surface area contributed by atoms with Crippen molar-refractivity contribution in [2.75, 3.05) is 18.0 Å². The van der Waals surface area contributed by atoms with Crippen LogP contribution < -0.4 is 4.90 Å². The summed E-state index contributed by atoms with van der Waals surface area (Å²) in [6.07, 6.45) is 8.68. The van der Waals surface area contributed by atoms with Crippen LogP contribution in [-0.2, 0) is 5.88 Å². The Morgan fingerprint density at radius 2 is 1.89 bits per heavy atom. The largest absolute Gasteiger partial charge is 0.355 e. The number of fused-ring (bicyclic) bond motifs is 1. The van der Waals surface area contributed by atoms with Crippen LogP contribution in [0.3, 0.4) is 0 Å². The minimum atomic E-state index is 0.531. The summed E-state index contributed by atoms with van der Waals surface area (Å²) in [6.45, 7) is 2.24. The normalized spacial score (nSPS) is 17.9. The van der Waals surface area contributed by atoms with E-state index in [4.69, 9.17) is 16.6 Å². The predicted octanol–water partition coefficient (Wildman–Crippen LogP) is 3.91. The number of imidazole rings is 1. The fraction of sp³-hybridized carbons (Fsp3) is 0.615. The minimum Gasteiger partial charge on any atom is -0.355 e. The SMILES string of the molecule is ClCc1c(N2CCCCCCC2)nc2sccn12. The molecule has 1 aliphatic rings. The third kappa shape index (κ3) is 2.24. The Bertz CT molecular complexity index is 511. The predicted molar refractivity (Wildman–Crippen MR) is 77.9 cm³/mol. The molecule has 0 N–H and O–H groups in total. The molecule has 3 rings (SSSR count). The lowest BCUT2D eigenvalue weighted by atomic mass is 10.1. The first kappa shape index (κ1) is 12.3. The first-order valence-electron chi connectivity index (χ1n) is 6.65. The number of rotatable bonds is 2. The Morgan fingerprint density at radius 3 is 2.61 bits per heavy atom. The second-order valence-electron chi connectivity index (χ2n) is 4.83. The molecule has 1 aliphatic heterocycles. The average Bonchev–Trinajstić information content (AvgIpc) is 2.88. The summed E-state index contributed by atoms with van der Waals surface area (Å²) >= 11 is 7.80. The molecule has 0 atom stereocenters. The Morgan fingerprint density at radius 1 is 1.17 bits per heavy atom. The lowest BCUT2D eigenvalue weighted by Gasteiger charge is -2.25. The average molecular weight is 284 g/mol. The van der Waals surface area contributed by atoms with Crippen molar-refractivity contribution in [2.45, 2.75) is 38.0 Å². The van der Waals surface area contributed by atoms with E-state index in [1.54, 1.807) is 11.3 Å². The Kier molecular flexibility index (Phi) is 3.75. The zero-order chi connectivity index (χ0) is 12.4. The molecule has 0 amide bonds. The van der Waals surface area contributed by atoms with Gasteiger partial charge in [-0.1, -0.05) is 19.3 Å². The van der Waals surface area contributed by atoms with E-state index in [0.29, 0.717) is 5.88 Å². The molecular formula is C13H18ClN3S. The Labute approximate surface area is 116 Å². The maximum atomic E-state index is 6.12. The van der Waals surface area contributed by atoms with Gasteiger partial charge in [-0.2, -0.15) is 0 Å². The number of hydrogen-bond acceptors (Lipinski definition) is 3. The van der Waals surface area contributed by atoms with Gasteiger partial charge >= 0.3 is 0 Å². The van der Waals surface area contributed by atoms with E-state index < -0.39 is 0 Å². The molecule has 0 saturated carbocycles. The highest BCUT2D eigenvalue weighted by molar-refractivity contribution is 7.15. The van der Waals surface area contributed by atoms with Gasteiger partial charge in [-0.3, -0.25) is 4.40 Å². The highest BCUT2D eigenvalue weighted by atomic mass is 35.5. The van der Waals surface area contributed by atoms with Gasteiger partial charge in [0, 0.05) is 24.7 Å². The fourth-order valence-electron chi connectivity index (χ4n) is 2.66. The van der Waals surface area contributed by atoms with Gasteiger partial charge < -0.3 is 4.90 Å². The number of aromatic nitrogens is 2. The molecule has 98 valence electrons. The quantitative estimate of drug-likeness (QED) is 0.779. The zero-order valence-electron chi connectivity index (χ0n) is 10.4. The van der Waals surface area contributed by atoms with Crippen LogP contribution >= 0.6 is 22.9 Å². The van der Waals surface area contributed by atoms with E-state index in [9.17, 15) is 0 Å². The van der Waals surface area contributed by atoms with Crippen molar-refractivity contribution in [2.24, 2.45) is 0 Å². The van der Waals surface area contributed by atoms with Crippen LogP contribution in [0.2, 0.25) is 0 Å². The van der Waals surface area contributed by atoms with Gasteiger partial charge in [0.2, 0.25) is 0 Å². The minimum absolute atomic E-state index is 0.531. The first-order chi connectivity index (χ1) is 8.90. The third-order valence-corrected chi connectivity index (χ3v) is 4.63. The molecule has 3 nitrogen and oxygen atoms in total. The van der Waals surface area contributed by atoms with E-state index in [1.165, 1.54) is 32.1 Å². The van der Waals surface area contributed by atoms with Crippen molar-refractivity contribution in [3.05, 3.63) is 17.3 Å². The molecule has 2 aromatic heterocycles. The second-order valence-corrected chi connectivity index (χ2v) is 5.97. The second kappa shape index (κ2) is 5.49. The van der Waals surface area contributed by atoms with Crippen molar-refractivity contribution < 1.29 is 0 Å². The molecule has 3 heterocycles. The highest BCUT2D eigenvalue weighted by Gasteiger charge is 2.18. The molecular weight excluding hydrogens is 266 g/mol. The van der Waals surface area contributed by atoms with E-state index >= 15 is 0 Å². The van der Waals surface area contributed by atoms with Gasteiger partial charge in [0.05, 0.1) is 11.6 Å². The van der Waals surface area contributed by atoms with Gasteiger partial charge in [-0.25, -0.2) is 4.98 Å². The van der Waals surface area contributed by atoms with Crippen molar-refractivity contribution in [3.8, 4) is 0 Å². The summed E-state index contributed by atoms with van der Waals surface area (Å²) in [5.41, 5.74) is 1.15. The van der Waals surface area contributed by atoms with Crippen molar-refractivity contribution in [1.29, 1.82) is 0 Å². The fourth-order valence-corrected chi connectivity index (χ4v) is 3.63. The summed E-state index contributed by atoms with van der Waals surface area (Å²) in [5.74, 6) is 1.64. The van der Waals surface area contributed by atoms with Gasteiger partial charge in [0.25, 0.3) is 0 Å². The van der Waals surface area contributed by atoms with Crippen molar-refractivity contribution in [3.63, 3.8) is 0 Å². The van der Waals surface area contributed by atoms with Gasteiger partial charge in [-0.05, 0) is 12.8 Å². The van der Waals surface area contributed by atoms with E-state index in [-0.39, 0.29) is 0 Å². The number of hydrogen-bond donors (Lipinski definition) is 0. The van der Waals surface area contributed by atoms with E-state index in [0.717, 1.165) is 29.6 Å². The summed E-state index contributed by atoms with van der Waals surface area (Å²) in [6, 6.07) is 0. The van der Waals surface area contributed by atoms with Crippen LogP contribution in [0.1, 0.15) is 37.8 Å². The standard InChI is InChI=1S/C13H18ClN3S/c14-10-11-12(15-13-17(11)8-9-18-13)16-6-4-2-1-3-5-7-16/h8-9H,1-7,10H2. The van der Waals surface area contributed by atoms with Gasteiger partial charge in [0.1, 0.15) is 0 Å². The monoisotopic (exact) mass is 283 g/mol.